The number of nitrogens with zero attached hydrogens (tertiary/aromatic N) is 8. The molecule has 0 aromatic heterocycles. The first-order valence-electron chi connectivity index (χ1n) is 35.3. The van der Waals surface area contributed by atoms with Gasteiger partial charge in [0, 0.05) is 164 Å². The Labute approximate surface area is 650 Å². The minimum atomic E-state index is -2.34. The standard InChI is InChI=1S/C32H60N4O12Si4.C24H44N4O12.C2H6Cl2Si.CH4.B6.B2/c1-49(2)41-17-9-33(10-18-42-49)29(37)25-26(30(38)34-11-19-43-50(3,4)44-20-12-34)28(32(40)36-15-23-47-52(7,8)48-24-16-36)27(25)31(39)35-13-21-45-51(5,6)46-22-14-35;29-9-1-25(2-10-30)21(37)17-18(22(38)26(3-11-31)4-12-32)20(24(40)28(7-15-35)8-16-36)19(17)23(39)27(5-13-33)6-14-34;1-5(2,3)4;;1-5(2)6(3)4;1-2/h25-28H,9-24H2,1-8H3;17-20,29-36H,1-16H2;1-2H3;1H4;;. The summed E-state index contributed by atoms with van der Waals surface area (Å²) in [6, 6.07) is 0. The molecule has 0 atom stereocenters. The Morgan fingerprint density at radius 1 is 0.340 bits per heavy atom. The van der Waals surface area contributed by atoms with Crippen molar-refractivity contribution >= 4 is 170 Å². The molecule has 32 nitrogen and oxygen atoms in total. The third-order valence-electron chi connectivity index (χ3n) is 17.8. The fourth-order valence-electron chi connectivity index (χ4n) is 12.6. The molecule has 592 valence electrons. The van der Waals surface area contributed by atoms with Gasteiger partial charge in [-0.15, -0.1) is 22.2 Å². The zero-order chi connectivity index (χ0) is 79.8. The van der Waals surface area contributed by atoms with Crippen molar-refractivity contribution in [3.8, 4) is 0 Å². The third-order valence-corrected chi connectivity index (χ3v) is 25.0. The van der Waals surface area contributed by atoms with Crippen molar-refractivity contribution < 1.29 is 115 Å². The number of carbonyl (C=O) groups is 8. The van der Waals surface area contributed by atoms with Crippen LogP contribution in [0.5, 0.6) is 0 Å². The van der Waals surface area contributed by atoms with Crippen LogP contribution in [0.1, 0.15) is 7.43 Å². The largest absolute Gasteiger partial charge is 0.395 e. The average molecular weight is 1620 g/mol. The molecule has 0 aromatic rings. The van der Waals surface area contributed by atoms with E-state index in [1.54, 1.807) is 19.6 Å². The number of carbonyl (C=O) groups excluding carboxylic acids is 8. The van der Waals surface area contributed by atoms with Gasteiger partial charge >= 0.3 is 34.2 Å². The first kappa shape index (κ1) is 101. The highest BCUT2D eigenvalue weighted by molar-refractivity contribution is 7.76. The summed E-state index contributed by atoms with van der Waals surface area (Å²) in [5.41, 5.74) is 0. The zero-order valence-electron chi connectivity index (χ0n) is 62.8. The molecule has 2 aliphatic carbocycles. The molecular weight excluding hydrogens is 1500 g/mol. The smallest absolute Gasteiger partial charge is 0.331 e. The Morgan fingerprint density at radius 3 is 0.566 bits per heavy atom. The lowest BCUT2D eigenvalue weighted by Gasteiger charge is -2.53. The molecular formula is C59H114B8Cl2N8O24Si5. The molecule has 0 bridgehead atoms. The van der Waals surface area contributed by atoms with Crippen LogP contribution in [0.25, 0.3) is 0 Å². The molecule has 2 saturated carbocycles. The van der Waals surface area contributed by atoms with Crippen molar-refractivity contribution in [2.24, 2.45) is 47.3 Å². The van der Waals surface area contributed by atoms with Crippen LogP contribution >= 0.6 is 22.2 Å². The molecule has 4 saturated heterocycles. The maximum Gasteiger partial charge on any atom is 0.331 e. The van der Waals surface area contributed by atoms with E-state index in [2.05, 4.69) is 15.5 Å². The molecule has 4 heterocycles. The summed E-state index contributed by atoms with van der Waals surface area (Å²) in [5.74, 6) is -14.9. The second-order valence-electron chi connectivity index (χ2n) is 27.5. The van der Waals surface area contributed by atoms with E-state index in [9.17, 15) is 79.2 Å². The van der Waals surface area contributed by atoms with E-state index in [1.165, 1.54) is 0 Å². The summed E-state index contributed by atoms with van der Waals surface area (Å²) in [4.78, 5) is 125. The molecule has 0 spiro atoms. The van der Waals surface area contributed by atoms with Crippen LogP contribution in [0, 0.1) is 47.3 Å². The SMILES string of the molecule is C.C[Si](C)(Cl)Cl.C[Si]1(C)OCCN(C(=O)C2C(C(=O)N3CCO[Si](C)(C)OCC3)C(C(=O)N3CCO[Si](C)(C)OCC3)C2C(=O)N2CCO[Si](C)(C)OCC2)CCO1.O=C(C1C(C(=O)N(CCO)CCO)C(C(=O)N(CCO)CCO)C1C(=O)N(CCO)CCO)N(CCO)CCO.[B]B([B])B([B])[B].[B][B]. The molecule has 8 N–H and O–H groups in total. The summed E-state index contributed by atoms with van der Waals surface area (Å²) in [6.07, 6.45) is -1.19. The number of amides is 8. The van der Waals surface area contributed by atoms with E-state index in [-0.39, 0.29) is 189 Å². The number of halogens is 2. The zero-order valence-corrected chi connectivity index (χ0v) is 69.3. The molecule has 6 aliphatic rings. The van der Waals surface area contributed by atoms with Gasteiger partial charge in [-0.1, -0.05) is 7.43 Å². The van der Waals surface area contributed by atoms with Crippen LogP contribution in [0.2, 0.25) is 65.5 Å². The van der Waals surface area contributed by atoms with Crippen molar-refractivity contribution in [1.29, 1.82) is 0 Å². The minimum absolute atomic E-state index is 0. The molecule has 4 aliphatic heterocycles. The van der Waals surface area contributed by atoms with E-state index in [4.69, 9.17) is 88.5 Å². The van der Waals surface area contributed by atoms with Crippen LogP contribution in [-0.2, 0) is 73.8 Å². The van der Waals surface area contributed by atoms with E-state index >= 15 is 0 Å². The highest BCUT2D eigenvalue weighted by Crippen LogP contribution is 2.52. The lowest BCUT2D eigenvalue weighted by molar-refractivity contribution is -0.184. The Kier molecular flexibility index (Phi) is 47.5. The summed E-state index contributed by atoms with van der Waals surface area (Å²) >= 11 is 10.9. The monoisotopic (exact) mass is 1620 g/mol. The fourth-order valence-corrected chi connectivity index (χ4v) is 17.6. The predicted octanol–water partition coefficient (Wildman–Crippen LogP) is -5.75. The van der Waals surface area contributed by atoms with Gasteiger partial charge in [0.2, 0.25) is 54.0 Å². The van der Waals surface area contributed by atoms with E-state index in [1.807, 2.05) is 65.5 Å². The first-order chi connectivity index (χ1) is 49.3. The maximum atomic E-state index is 14.8. The maximum absolute atomic E-state index is 14.8. The van der Waals surface area contributed by atoms with Gasteiger partial charge in [-0.2, -0.15) is 0 Å². The molecule has 6 fully saturated rings. The lowest BCUT2D eigenvalue weighted by atomic mass is 8.81. The van der Waals surface area contributed by atoms with Gasteiger partial charge in [-0.3, -0.25) is 38.4 Å². The highest BCUT2D eigenvalue weighted by atomic mass is 35.7. The van der Waals surface area contributed by atoms with Crippen molar-refractivity contribution in [3.05, 3.63) is 0 Å². The summed E-state index contributed by atoms with van der Waals surface area (Å²) in [6.45, 7) is 16.2. The van der Waals surface area contributed by atoms with Crippen molar-refractivity contribution in [1.82, 2.24) is 39.2 Å². The second-order valence-corrected chi connectivity index (χ2v) is 49.9. The predicted molar refractivity (Wildman–Crippen MR) is 417 cm³/mol. The van der Waals surface area contributed by atoms with Crippen molar-refractivity contribution in [2.75, 3.05) is 210 Å². The normalized spacial score (nSPS) is 24.0. The van der Waals surface area contributed by atoms with Crippen molar-refractivity contribution in [2.45, 2.75) is 72.9 Å². The second kappa shape index (κ2) is 49.7. The van der Waals surface area contributed by atoms with Crippen LogP contribution in [-0.4, -0.2) is 438 Å². The Morgan fingerprint density at radius 2 is 0.462 bits per heavy atom. The highest BCUT2D eigenvalue weighted by Gasteiger charge is 2.67. The number of aliphatic hydroxyl groups excluding tert-OH is 8. The molecule has 12 radical (unpaired) electrons. The van der Waals surface area contributed by atoms with Crippen LogP contribution in [0.4, 0.5) is 0 Å². The minimum Gasteiger partial charge on any atom is -0.395 e. The number of hydrogen-bond acceptors (Lipinski definition) is 24. The van der Waals surface area contributed by atoms with E-state index in [0.717, 1.165) is 19.6 Å². The fraction of sp³-hybridized carbons (Fsp3) is 0.864. The quantitative estimate of drug-likeness (QED) is 0.0312. The van der Waals surface area contributed by atoms with Crippen molar-refractivity contribution in [3.63, 3.8) is 0 Å². The first-order valence-corrected chi connectivity index (χ1v) is 51.6. The van der Waals surface area contributed by atoms with Crippen LogP contribution in [0.3, 0.4) is 0 Å². The van der Waals surface area contributed by atoms with E-state index < -0.39 is 178 Å². The van der Waals surface area contributed by atoms with Crippen LogP contribution in [0.15, 0.2) is 0 Å². The number of hydrogen-bond donors (Lipinski definition) is 8. The lowest BCUT2D eigenvalue weighted by Crippen LogP contribution is -2.69. The van der Waals surface area contributed by atoms with Gasteiger partial charge in [0.25, 0.3) is 0 Å². The molecule has 0 unspecified atom stereocenters. The topological polar surface area (TPSA) is 398 Å². The molecule has 0 aromatic carbocycles. The Hall–Kier alpha value is -2.70. The Bertz CT molecular complexity index is 2270. The van der Waals surface area contributed by atoms with Gasteiger partial charge in [-0.05, 0) is 65.5 Å². The van der Waals surface area contributed by atoms with Gasteiger partial charge in [0.15, 0.2) is 0 Å². The summed E-state index contributed by atoms with van der Waals surface area (Å²) in [5, 5.41) is 75.8. The summed E-state index contributed by atoms with van der Waals surface area (Å²) in [7, 11) is 18.5. The van der Waals surface area contributed by atoms with E-state index in [0.29, 0.717) is 0 Å². The Balaban J connectivity index is 0.000000923. The van der Waals surface area contributed by atoms with Gasteiger partial charge in [0.1, 0.15) is 0 Å². The average Bonchev–Trinajstić information content (AvgIpc) is 0.724. The molecule has 106 heavy (non-hydrogen) atoms. The molecule has 6 rings (SSSR count). The third kappa shape index (κ3) is 32.4. The van der Waals surface area contributed by atoms with Gasteiger partial charge < -0.3 is 115 Å². The molecule has 8 amide bonds. The van der Waals surface area contributed by atoms with Gasteiger partial charge in [-0.25, -0.2) is 0 Å². The van der Waals surface area contributed by atoms with Crippen LogP contribution < -0.4 is 0 Å². The van der Waals surface area contributed by atoms with Gasteiger partial charge in [0.05, 0.1) is 153 Å². The molecule has 47 heteroatoms. The number of aliphatic hydroxyl groups is 8. The number of rotatable bonds is 25. The summed E-state index contributed by atoms with van der Waals surface area (Å²) < 4.78 is 48.2.